The van der Waals surface area contributed by atoms with Crippen molar-refractivity contribution in [2.75, 3.05) is 10.6 Å². The molecule has 0 bridgehead atoms. The van der Waals surface area contributed by atoms with E-state index in [1.807, 2.05) is 31.2 Å². The summed E-state index contributed by atoms with van der Waals surface area (Å²) in [6, 6.07) is 7.57. The van der Waals surface area contributed by atoms with Crippen LogP contribution in [0.1, 0.15) is 16.9 Å². The monoisotopic (exact) mass is 262 g/mol. The van der Waals surface area contributed by atoms with E-state index in [0.717, 1.165) is 21.4 Å². The number of benzene rings is 1. The van der Waals surface area contributed by atoms with Gasteiger partial charge in [0.25, 0.3) is 0 Å². The molecule has 0 atom stereocenters. The number of nitrogens with one attached hydrogen (secondary N) is 2. The standard InChI is InChI=1S/C12H14N4OS/c1-8(17)14-11-6-4-3-5-10(11)13-7-12-16-15-9(2)18-12/h3-6,13H,7H2,1-2H3,(H,14,17). The van der Waals surface area contributed by atoms with Gasteiger partial charge in [-0.25, -0.2) is 0 Å². The molecule has 0 aliphatic rings. The highest BCUT2D eigenvalue weighted by Gasteiger charge is 2.04. The first kappa shape index (κ1) is 12.5. The lowest BCUT2D eigenvalue weighted by Crippen LogP contribution is -2.09. The third kappa shape index (κ3) is 3.27. The number of carbonyl (C=O) groups excluding carboxylic acids is 1. The third-order valence-electron chi connectivity index (χ3n) is 2.24. The molecule has 1 heterocycles. The molecule has 94 valence electrons. The third-order valence-corrected chi connectivity index (χ3v) is 3.07. The molecule has 6 heteroatoms. The van der Waals surface area contributed by atoms with Gasteiger partial charge < -0.3 is 10.6 Å². The van der Waals surface area contributed by atoms with Crippen LogP contribution in [0.2, 0.25) is 0 Å². The highest BCUT2D eigenvalue weighted by Crippen LogP contribution is 2.22. The van der Waals surface area contributed by atoms with E-state index in [1.54, 1.807) is 11.3 Å². The smallest absolute Gasteiger partial charge is 0.221 e. The molecule has 2 rings (SSSR count). The Bertz CT molecular complexity index is 553. The zero-order valence-electron chi connectivity index (χ0n) is 10.2. The zero-order valence-corrected chi connectivity index (χ0v) is 11.0. The van der Waals surface area contributed by atoms with Crippen molar-refractivity contribution < 1.29 is 4.79 Å². The minimum atomic E-state index is -0.0870. The van der Waals surface area contributed by atoms with Crippen molar-refractivity contribution in [1.82, 2.24) is 10.2 Å². The van der Waals surface area contributed by atoms with E-state index < -0.39 is 0 Å². The first-order valence-corrected chi connectivity index (χ1v) is 6.36. The van der Waals surface area contributed by atoms with Gasteiger partial charge >= 0.3 is 0 Å². The molecular weight excluding hydrogens is 248 g/mol. The molecular formula is C12H14N4OS. The van der Waals surface area contributed by atoms with Crippen LogP contribution in [0.15, 0.2) is 24.3 Å². The van der Waals surface area contributed by atoms with Crippen molar-refractivity contribution in [1.29, 1.82) is 0 Å². The van der Waals surface area contributed by atoms with Crippen molar-refractivity contribution >= 4 is 28.6 Å². The van der Waals surface area contributed by atoms with E-state index in [2.05, 4.69) is 20.8 Å². The summed E-state index contributed by atoms with van der Waals surface area (Å²) < 4.78 is 0. The quantitative estimate of drug-likeness (QED) is 0.888. The Morgan fingerprint density at radius 3 is 2.61 bits per heavy atom. The van der Waals surface area contributed by atoms with Crippen LogP contribution >= 0.6 is 11.3 Å². The average Bonchev–Trinajstić information content (AvgIpc) is 2.73. The summed E-state index contributed by atoms with van der Waals surface area (Å²) in [7, 11) is 0. The summed E-state index contributed by atoms with van der Waals surface area (Å²) in [6.45, 7) is 4.01. The molecule has 0 radical (unpaired) electrons. The van der Waals surface area contributed by atoms with Crippen LogP contribution in [0.5, 0.6) is 0 Å². The number of anilines is 2. The number of aromatic nitrogens is 2. The molecule has 18 heavy (non-hydrogen) atoms. The average molecular weight is 262 g/mol. The summed E-state index contributed by atoms with van der Waals surface area (Å²) in [5.74, 6) is -0.0870. The second-order valence-corrected chi connectivity index (χ2v) is 5.06. The molecule has 0 fully saturated rings. The van der Waals surface area contributed by atoms with Gasteiger partial charge in [0, 0.05) is 6.92 Å². The molecule has 0 aliphatic carbocycles. The predicted molar refractivity (Wildman–Crippen MR) is 72.7 cm³/mol. The molecule has 0 spiro atoms. The second kappa shape index (κ2) is 5.59. The Labute approximate surface area is 109 Å². The van der Waals surface area contributed by atoms with E-state index in [9.17, 15) is 4.79 Å². The number of carbonyl (C=O) groups is 1. The summed E-state index contributed by atoms with van der Waals surface area (Å²) in [6.07, 6.45) is 0. The maximum absolute atomic E-state index is 11.1. The van der Waals surface area contributed by atoms with Crippen molar-refractivity contribution in [3.05, 3.63) is 34.3 Å². The predicted octanol–water partition coefficient (Wildman–Crippen LogP) is 2.42. The molecule has 2 aromatic rings. The van der Waals surface area contributed by atoms with E-state index in [-0.39, 0.29) is 5.91 Å². The summed E-state index contributed by atoms with van der Waals surface area (Å²) in [5, 5.41) is 15.9. The lowest BCUT2D eigenvalue weighted by Gasteiger charge is -2.10. The van der Waals surface area contributed by atoms with Crippen LogP contribution in [0, 0.1) is 6.92 Å². The Balaban J connectivity index is 2.06. The number of hydrogen-bond donors (Lipinski definition) is 2. The van der Waals surface area contributed by atoms with Gasteiger partial charge in [-0.15, -0.1) is 10.2 Å². The van der Waals surface area contributed by atoms with E-state index in [4.69, 9.17) is 0 Å². The maximum atomic E-state index is 11.1. The largest absolute Gasteiger partial charge is 0.377 e. The van der Waals surface area contributed by atoms with Crippen LogP contribution in [0.25, 0.3) is 0 Å². The minimum Gasteiger partial charge on any atom is -0.377 e. The van der Waals surface area contributed by atoms with Crippen molar-refractivity contribution in [3.63, 3.8) is 0 Å². The van der Waals surface area contributed by atoms with Gasteiger partial charge in [-0.3, -0.25) is 4.79 Å². The van der Waals surface area contributed by atoms with Crippen molar-refractivity contribution in [2.45, 2.75) is 20.4 Å². The van der Waals surface area contributed by atoms with Crippen molar-refractivity contribution in [3.8, 4) is 0 Å². The van der Waals surface area contributed by atoms with Crippen LogP contribution < -0.4 is 10.6 Å². The normalized spacial score (nSPS) is 10.1. The SMILES string of the molecule is CC(=O)Nc1ccccc1NCc1nnc(C)s1. The van der Waals surface area contributed by atoms with Gasteiger partial charge in [0.1, 0.15) is 10.0 Å². The molecule has 1 aromatic heterocycles. The first-order chi connectivity index (χ1) is 8.65. The van der Waals surface area contributed by atoms with Crippen LogP contribution in [-0.2, 0) is 11.3 Å². The fourth-order valence-corrected chi connectivity index (χ4v) is 2.16. The van der Waals surface area contributed by atoms with Gasteiger partial charge in [0.2, 0.25) is 5.91 Å². The summed E-state index contributed by atoms with van der Waals surface area (Å²) in [4.78, 5) is 11.1. The number of para-hydroxylation sites is 2. The number of aryl methyl sites for hydroxylation is 1. The van der Waals surface area contributed by atoms with Gasteiger partial charge in [-0.1, -0.05) is 23.5 Å². The molecule has 0 saturated carbocycles. The number of hydrogen-bond acceptors (Lipinski definition) is 5. The van der Waals surface area contributed by atoms with Gasteiger partial charge in [-0.2, -0.15) is 0 Å². The topological polar surface area (TPSA) is 66.9 Å². The zero-order chi connectivity index (χ0) is 13.0. The van der Waals surface area contributed by atoms with Gasteiger partial charge in [0.05, 0.1) is 17.9 Å². The molecule has 0 saturated heterocycles. The summed E-state index contributed by atoms with van der Waals surface area (Å²) >= 11 is 1.55. The molecule has 0 unspecified atom stereocenters. The molecule has 5 nitrogen and oxygen atoms in total. The first-order valence-electron chi connectivity index (χ1n) is 5.54. The van der Waals surface area contributed by atoms with Crippen LogP contribution in [0.4, 0.5) is 11.4 Å². The fourth-order valence-electron chi connectivity index (χ4n) is 1.52. The van der Waals surface area contributed by atoms with Crippen molar-refractivity contribution in [2.24, 2.45) is 0 Å². The van der Waals surface area contributed by atoms with E-state index >= 15 is 0 Å². The van der Waals surface area contributed by atoms with E-state index in [0.29, 0.717) is 6.54 Å². The highest BCUT2D eigenvalue weighted by atomic mass is 32.1. The minimum absolute atomic E-state index is 0.0870. The summed E-state index contributed by atoms with van der Waals surface area (Å²) in [5.41, 5.74) is 1.65. The van der Waals surface area contributed by atoms with Gasteiger partial charge in [-0.05, 0) is 19.1 Å². The lowest BCUT2D eigenvalue weighted by atomic mass is 10.2. The number of rotatable bonds is 4. The van der Waals surface area contributed by atoms with Crippen LogP contribution in [-0.4, -0.2) is 16.1 Å². The number of nitrogens with zero attached hydrogens (tertiary/aromatic N) is 2. The Morgan fingerprint density at radius 1 is 1.28 bits per heavy atom. The molecule has 1 amide bonds. The molecule has 0 aliphatic heterocycles. The van der Waals surface area contributed by atoms with Crippen LogP contribution in [0.3, 0.4) is 0 Å². The number of amides is 1. The molecule has 2 N–H and O–H groups in total. The Kier molecular flexibility index (Phi) is 3.88. The maximum Gasteiger partial charge on any atom is 0.221 e. The Morgan fingerprint density at radius 2 is 2.00 bits per heavy atom. The van der Waals surface area contributed by atoms with Gasteiger partial charge in [0.15, 0.2) is 0 Å². The lowest BCUT2D eigenvalue weighted by molar-refractivity contribution is -0.114. The second-order valence-electron chi connectivity index (χ2n) is 3.80. The van der Waals surface area contributed by atoms with E-state index in [1.165, 1.54) is 6.92 Å². The molecule has 1 aromatic carbocycles. The highest BCUT2D eigenvalue weighted by molar-refractivity contribution is 7.11. The Hall–Kier alpha value is -1.95. The fraction of sp³-hybridized carbons (Fsp3) is 0.250.